The van der Waals surface area contributed by atoms with Gasteiger partial charge in [0.2, 0.25) is 0 Å². The van der Waals surface area contributed by atoms with Crippen molar-refractivity contribution in [2.45, 2.75) is 0 Å². The summed E-state index contributed by atoms with van der Waals surface area (Å²) in [6.45, 7) is 0. The van der Waals surface area contributed by atoms with Gasteiger partial charge in [-0.25, -0.2) is 0 Å². The molecule has 203 valence electrons. The van der Waals surface area contributed by atoms with E-state index in [-0.39, 0.29) is 0 Å². The van der Waals surface area contributed by atoms with E-state index in [1.165, 1.54) is 5.56 Å². The third kappa shape index (κ3) is 5.67. The molecule has 43 heavy (non-hydrogen) atoms. The number of benzene rings is 6. The van der Waals surface area contributed by atoms with Crippen LogP contribution < -0.4 is 4.46 Å². The van der Waals surface area contributed by atoms with Gasteiger partial charge < -0.3 is 0 Å². The molecule has 3 nitrogen and oxygen atoms in total. The number of hydrogen-bond donors (Lipinski definition) is 0. The van der Waals surface area contributed by atoms with Gasteiger partial charge in [0.15, 0.2) is 0 Å². The van der Waals surface area contributed by atoms with Crippen LogP contribution >= 0.6 is 0 Å². The fourth-order valence-electron chi connectivity index (χ4n) is 5.29. The first kappa shape index (κ1) is 26.7. The molecule has 4 heteroatoms. The summed E-state index contributed by atoms with van der Waals surface area (Å²) in [6, 6.07) is 54.2. The van der Waals surface area contributed by atoms with E-state index in [0.29, 0.717) is 17.5 Å². The van der Waals surface area contributed by atoms with Gasteiger partial charge >= 0.3 is 236 Å². The molecule has 0 bridgehead atoms. The second kappa shape index (κ2) is 12.0. The van der Waals surface area contributed by atoms with E-state index in [2.05, 4.69) is 149 Å². The fraction of sp³-hybridized carbons (Fsp3) is 0. The average Bonchev–Trinajstić information content (AvgIpc) is 3.09. The number of hydrogen-bond acceptors (Lipinski definition) is 3. The molecular weight excluding hydrogens is 589 g/mol. The van der Waals surface area contributed by atoms with Crippen LogP contribution in [0.1, 0.15) is 0 Å². The molecule has 0 unspecified atom stereocenters. The van der Waals surface area contributed by atoms with E-state index in [0.717, 1.165) is 49.0 Å². The van der Waals surface area contributed by atoms with Crippen LogP contribution in [0.15, 0.2) is 158 Å². The second-order valence-corrected chi connectivity index (χ2v) is 11.2. The molecule has 0 spiro atoms. The zero-order valence-electron chi connectivity index (χ0n) is 23.3. The van der Waals surface area contributed by atoms with E-state index in [4.69, 9.17) is 15.0 Å². The molecule has 0 aliphatic rings. The van der Waals surface area contributed by atoms with Crippen molar-refractivity contribution in [1.29, 1.82) is 0 Å². The molecule has 1 aromatic heterocycles. The molecule has 0 aliphatic heterocycles. The first-order chi connectivity index (χ1) is 21.2. The zero-order chi connectivity index (χ0) is 29.0. The Balaban J connectivity index is 1.40. The second-order valence-electron chi connectivity index (χ2n) is 10.2. The van der Waals surface area contributed by atoms with Crippen molar-refractivity contribution >= 4 is 20.5 Å². The normalized spacial score (nSPS) is 10.9. The Bertz CT molecular complexity index is 2010. The Kier molecular flexibility index (Phi) is 7.45. The van der Waals surface area contributed by atoms with E-state index >= 15 is 0 Å². The van der Waals surface area contributed by atoms with Gasteiger partial charge in [0, 0.05) is 0 Å². The summed E-state index contributed by atoms with van der Waals surface area (Å²) in [6.07, 6.45) is 0. The van der Waals surface area contributed by atoms with Crippen molar-refractivity contribution in [3.63, 3.8) is 0 Å². The molecule has 1 radical (unpaired) electrons. The number of aromatic nitrogens is 3. The summed E-state index contributed by atoms with van der Waals surface area (Å²) in [5.41, 5.74) is 9.59. The predicted molar refractivity (Wildman–Crippen MR) is 178 cm³/mol. The Hall–Kier alpha value is -5.15. The Morgan fingerprint density at radius 3 is 1.42 bits per heavy atom. The monoisotopic (exact) mass is 616 g/mol. The van der Waals surface area contributed by atoms with Crippen LogP contribution in [0, 0.1) is 0 Å². The molecule has 0 amide bonds. The molecular formula is C39H26N3Se. The summed E-state index contributed by atoms with van der Waals surface area (Å²) < 4.78 is 1.05. The molecule has 0 saturated heterocycles. The maximum atomic E-state index is 5.09. The topological polar surface area (TPSA) is 38.7 Å². The first-order valence-corrected chi connectivity index (χ1v) is 15.0. The van der Waals surface area contributed by atoms with Crippen LogP contribution in [-0.4, -0.2) is 31.0 Å². The van der Waals surface area contributed by atoms with Crippen LogP contribution in [0.25, 0.3) is 67.5 Å². The molecule has 0 atom stereocenters. The summed E-state index contributed by atoms with van der Waals surface area (Å²) in [7, 11) is 0. The number of rotatable bonds is 6. The molecule has 6 aromatic carbocycles. The molecule has 0 saturated carbocycles. The Morgan fingerprint density at radius 1 is 0.326 bits per heavy atom. The van der Waals surface area contributed by atoms with Crippen molar-refractivity contribution in [3.8, 4) is 67.5 Å². The predicted octanol–water partition coefficient (Wildman–Crippen LogP) is 8.67. The third-order valence-electron chi connectivity index (χ3n) is 7.44. The van der Waals surface area contributed by atoms with Gasteiger partial charge in [-0.3, -0.25) is 0 Å². The van der Waals surface area contributed by atoms with E-state index in [1.54, 1.807) is 0 Å². The standard InChI is InChI=1S/C39H26N3Se/c43-35-21-11-20-34(36(35)30-16-8-3-9-17-30)39-41-37(31-24-22-29(23-25-31)27-12-4-1-5-13-27)40-38(42-39)33-19-10-18-32(26-33)28-14-6-2-7-15-28/h1-26H. The SMILES string of the molecule is [Se]c1cccc(-c2nc(-c3ccc(-c4ccccc4)cc3)nc(-c3cccc(-c4ccccc4)c3)n2)c1-c1ccccc1. The van der Waals surface area contributed by atoms with Crippen molar-refractivity contribution in [1.82, 2.24) is 15.0 Å². The Morgan fingerprint density at radius 2 is 0.767 bits per heavy atom. The minimum atomic E-state index is 0.633. The molecule has 1 heterocycles. The fourth-order valence-corrected chi connectivity index (χ4v) is 5.93. The average molecular weight is 616 g/mol. The van der Waals surface area contributed by atoms with Crippen LogP contribution in [0.4, 0.5) is 0 Å². The maximum absolute atomic E-state index is 5.09. The van der Waals surface area contributed by atoms with Crippen molar-refractivity contribution in [2.24, 2.45) is 0 Å². The molecule has 7 aromatic rings. The molecule has 0 aliphatic carbocycles. The Labute approximate surface area is 259 Å². The van der Waals surface area contributed by atoms with Crippen molar-refractivity contribution in [2.75, 3.05) is 0 Å². The van der Waals surface area contributed by atoms with E-state index in [1.807, 2.05) is 24.3 Å². The van der Waals surface area contributed by atoms with Gasteiger partial charge in [0.25, 0.3) is 0 Å². The van der Waals surface area contributed by atoms with E-state index < -0.39 is 0 Å². The summed E-state index contributed by atoms with van der Waals surface area (Å²) >= 11 is 3.25. The molecule has 7 rings (SSSR count). The van der Waals surface area contributed by atoms with Gasteiger partial charge in [-0.05, 0) is 0 Å². The van der Waals surface area contributed by atoms with Gasteiger partial charge in [-0.1, -0.05) is 24.3 Å². The van der Waals surface area contributed by atoms with Crippen LogP contribution in [0.2, 0.25) is 0 Å². The van der Waals surface area contributed by atoms with E-state index in [9.17, 15) is 0 Å². The number of nitrogens with zero attached hydrogens (tertiary/aromatic N) is 3. The zero-order valence-corrected chi connectivity index (χ0v) is 25.0. The summed E-state index contributed by atoms with van der Waals surface area (Å²) in [5.74, 6) is 1.90. The van der Waals surface area contributed by atoms with Crippen LogP contribution in [0.3, 0.4) is 0 Å². The molecule has 0 N–H and O–H groups in total. The van der Waals surface area contributed by atoms with Gasteiger partial charge in [-0.2, -0.15) is 0 Å². The van der Waals surface area contributed by atoms with Gasteiger partial charge in [0.1, 0.15) is 0 Å². The van der Waals surface area contributed by atoms with Crippen LogP contribution in [-0.2, 0) is 0 Å². The summed E-state index contributed by atoms with van der Waals surface area (Å²) in [5, 5.41) is 0. The third-order valence-corrected chi connectivity index (χ3v) is 8.16. The van der Waals surface area contributed by atoms with Crippen LogP contribution in [0.5, 0.6) is 0 Å². The van der Waals surface area contributed by atoms with Crippen molar-refractivity contribution < 1.29 is 0 Å². The first-order valence-electron chi connectivity index (χ1n) is 14.2. The quantitative estimate of drug-likeness (QED) is 0.176. The van der Waals surface area contributed by atoms with Crippen molar-refractivity contribution in [3.05, 3.63) is 158 Å². The van der Waals surface area contributed by atoms with Gasteiger partial charge in [-0.15, -0.1) is 0 Å². The van der Waals surface area contributed by atoms with Gasteiger partial charge in [0.05, 0.1) is 0 Å². The minimum absolute atomic E-state index is 0.633. The summed E-state index contributed by atoms with van der Waals surface area (Å²) in [4.78, 5) is 15.2. The molecule has 0 fully saturated rings.